The predicted octanol–water partition coefficient (Wildman–Crippen LogP) is 4.02. The van der Waals surface area contributed by atoms with E-state index in [4.69, 9.17) is 77.9 Å². The van der Waals surface area contributed by atoms with Crippen molar-refractivity contribution < 1.29 is 135 Å². The Morgan fingerprint density at radius 3 is 2.10 bits per heavy atom. The molecule has 0 radical (unpaired) electrons. The van der Waals surface area contributed by atoms with Crippen molar-refractivity contribution in [3.8, 4) is 40.9 Å². The minimum Gasteiger partial charge on any atom is -0.492 e. The van der Waals surface area contributed by atoms with Crippen LogP contribution in [0.4, 0.5) is 20.1 Å². The molecule has 698 valence electrons. The fourth-order valence-electron chi connectivity index (χ4n) is 14.9. The number of alkyl carbamates (subject to hydrolysis) is 1. The van der Waals surface area contributed by atoms with Gasteiger partial charge in [-0.05, 0) is 137 Å². The smallest absolute Gasteiger partial charge is 0.411 e. The summed E-state index contributed by atoms with van der Waals surface area (Å²) in [4.78, 5) is 129. The highest BCUT2D eigenvalue weighted by atomic mass is 127. The van der Waals surface area contributed by atoms with Crippen molar-refractivity contribution >= 4 is 114 Å². The summed E-state index contributed by atoms with van der Waals surface area (Å²) in [5.74, 6) is 8.21. The number of amides is 8. The van der Waals surface area contributed by atoms with Crippen molar-refractivity contribution in [2.24, 2.45) is 17.4 Å². The number of Topliss-reactive ketones (excluding diaryl/α,β-unsaturated/α-hetero) is 1. The van der Waals surface area contributed by atoms with Crippen molar-refractivity contribution in [1.82, 2.24) is 37.0 Å². The first-order valence-electron chi connectivity index (χ1n) is 41.3. The van der Waals surface area contributed by atoms with E-state index in [1.165, 1.54) is 63.2 Å². The molecule has 4 aliphatic heterocycles. The first kappa shape index (κ1) is 104. The number of allylic oxidation sites excluding steroid dienone is 3. The van der Waals surface area contributed by atoms with Crippen LogP contribution in [-0.4, -0.2) is 289 Å². The third-order valence-electron chi connectivity index (χ3n) is 21.5. The molecule has 2 aromatic rings. The number of hydrogen-bond acceptors (Lipinski definition) is 33. The summed E-state index contributed by atoms with van der Waals surface area (Å²) in [6.45, 7) is 16.9. The number of ketones is 1. The summed E-state index contributed by atoms with van der Waals surface area (Å²) in [6.07, 6.45) is -15.8. The number of halogens is 1. The van der Waals surface area contributed by atoms with Gasteiger partial charge >= 0.3 is 18.2 Å². The van der Waals surface area contributed by atoms with Gasteiger partial charge in [-0.3, -0.25) is 38.9 Å². The molecule has 16 N–H and O–H groups in total. The van der Waals surface area contributed by atoms with Gasteiger partial charge in [0.25, 0.3) is 0 Å². The summed E-state index contributed by atoms with van der Waals surface area (Å²) in [5.41, 5.74) is 12.6. The van der Waals surface area contributed by atoms with Crippen molar-refractivity contribution in [1.29, 1.82) is 0 Å². The number of carbonyl (C=O) groups excluding carboxylic acids is 9. The predicted molar refractivity (Wildman–Crippen MR) is 471 cm³/mol. The number of urea groups is 1. The number of anilines is 1. The zero-order chi connectivity index (χ0) is 92.6. The summed E-state index contributed by atoms with van der Waals surface area (Å²) in [5, 5.41) is 73.9. The maximum absolute atomic E-state index is 14.7. The van der Waals surface area contributed by atoms with Gasteiger partial charge in [-0.25, -0.2) is 14.4 Å². The van der Waals surface area contributed by atoms with Crippen molar-refractivity contribution in [3.05, 3.63) is 79.6 Å². The number of thioether (sulfide) groups is 1. The number of hydrogen-bond donors (Lipinski definition) is 14. The van der Waals surface area contributed by atoms with Gasteiger partial charge in [0.05, 0.1) is 97.0 Å². The Labute approximate surface area is 758 Å². The molecule has 126 heavy (non-hydrogen) atoms. The monoisotopic (exact) mass is 1940 g/mol. The lowest BCUT2D eigenvalue weighted by atomic mass is 9.75. The number of aliphatic hydroxyl groups is 5. The number of aliphatic hydroxyl groups excluding tert-OH is 4. The quantitative estimate of drug-likeness (QED) is 0.0147. The Morgan fingerprint density at radius 2 is 1.47 bits per heavy atom. The minimum absolute atomic E-state index is 0.00867. The Balaban J connectivity index is 1.000. The molecule has 2 aromatic carbocycles. The maximum Gasteiger partial charge on any atom is 0.411 e. The lowest BCUT2D eigenvalue weighted by Crippen LogP contribution is -2.65. The maximum atomic E-state index is 14.7. The van der Waals surface area contributed by atoms with Crippen molar-refractivity contribution in [2.45, 2.75) is 266 Å². The first-order valence-corrected chi connectivity index (χ1v) is 45.7. The average Bonchev–Trinajstić information content (AvgIpc) is 0.749. The highest BCUT2D eigenvalue weighted by molar-refractivity contribution is 14.1. The van der Waals surface area contributed by atoms with Crippen LogP contribution in [0.25, 0.3) is 0 Å². The van der Waals surface area contributed by atoms with E-state index < -0.39 is 198 Å². The van der Waals surface area contributed by atoms with E-state index in [2.05, 4.69) is 61.1 Å². The molecule has 8 amide bonds. The van der Waals surface area contributed by atoms with Crippen LogP contribution in [0.15, 0.2) is 59.3 Å². The van der Waals surface area contributed by atoms with Gasteiger partial charge in [-0.15, -0.1) is 0 Å². The summed E-state index contributed by atoms with van der Waals surface area (Å²) >= 11 is 2.76. The van der Waals surface area contributed by atoms with Crippen molar-refractivity contribution in [3.63, 3.8) is 0 Å². The van der Waals surface area contributed by atoms with Gasteiger partial charge < -0.3 is 130 Å². The van der Waals surface area contributed by atoms with Gasteiger partial charge in [-0.1, -0.05) is 103 Å². The first-order chi connectivity index (χ1) is 60.0. The third kappa shape index (κ3) is 27.5. The number of nitrogens with two attached hydrogens (primary N) is 2. The van der Waals surface area contributed by atoms with E-state index in [1.807, 2.05) is 36.4 Å². The van der Waals surface area contributed by atoms with E-state index in [0.29, 0.717) is 39.8 Å². The van der Waals surface area contributed by atoms with E-state index in [1.54, 1.807) is 89.6 Å². The van der Waals surface area contributed by atoms with E-state index in [-0.39, 0.29) is 109 Å². The van der Waals surface area contributed by atoms with E-state index >= 15 is 0 Å². The number of unbranched alkanes of at least 4 members (excludes halogenated alkanes) is 1. The topological polar surface area (TPSA) is 523 Å². The number of carbonyl (C=O) groups is 9. The zero-order valence-electron chi connectivity index (χ0n) is 73.1. The number of rotatable bonds is 40. The molecular weight excluding hydrogens is 1820 g/mol. The molecule has 42 heteroatoms. The second-order valence-electron chi connectivity index (χ2n) is 31.2. The molecule has 6 aliphatic rings. The number of likely N-dealkylation sites (N-methyl/N-ethyl adjacent to an activating group) is 1. The molecule has 4 saturated heterocycles. The third-order valence-corrected chi connectivity index (χ3v) is 26.9. The van der Waals surface area contributed by atoms with Gasteiger partial charge in [0.15, 0.2) is 41.8 Å². The second kappa shape index (κ2) is 49.4. The van der Waals surface area contributed by atoms with Gasteiger partial charge in [0.2, 0.25) is 40.8 Å². The van der Waals surface area contributed by atoms with Crippen LogP contribution in [0, 0.1) is 40.1 Å². The molecular formula is C84H119IN10O28S3. The number of ether oxygens (including phenoxy) is 13. The number of primary amides is 1. The molecule has 22 atom stereocenters. The standard InChI is InChI=1S/C84H119IN10O28S3/c1-16-95(83(108)116-39-48-27-29-49(30-28-48)90-75(102)52(25-23-34-88-81(87)106)91-77(104)63(41(2)3)92-76(103)51(89-47(10)96)24-20-22-33-86)53-40-115-58(37-57(53)110-11)121-72-67(100)64(44(7)118-80(72)120-56-26-19-17-18-21-32-84(109)38-55(98)65(93-82(107)114-15)61(56)50(84)31-35-124-126-42(4)5)94-123-59-36-54(97)74(46(9)117-59)125-78(105)60-43(6)62(85)70(73(113-14)69(60)111-12)122-79-68(101)71(112-13)66(99)45(8)119-79/h17-18,27-31,41-42,44-46,51-54,56-59,63-64,66-68,71-72,74,79-80,94,97,99-101,109H,16,20,22-25,33-40,86H2,1-15H3,(H,89,96)(H,90,102)(H,91,104)(H,92,103)(H,93,107)(H3,87,88,106)/b18-17?,50-31+/t44-,45+,46-,51+,52+,53+,54+,56+,57+,58+,59+,63+,64-,66+,67+,68-,71-,72-,74-,79+,80+,84+/m1/s1. The number of nitrogens with one attached hydrogen (secondary N) is 7. The van der Waals surface area contributed by atoms with Crippen LogP contribution in [0.5, 0.6) is 17.2 Å². The number of nitrogens with zero attached hydrogens (tertiary/aromatic N) is 1. The Bertz CT molecular complexity index is 4330. The highest BCUT2D eigenvalue weighted by Gasteiger charge is 2.53. The van der Waals surface area contributed by atoms with Gasteiger partial charge in [-0.2, -0.15) is 5.48 Å². The summed E-state index contributed by atoms with van der Waals surface area (Å²) < 4.78 is 79.6. The van der Waals surface area contributed by atoms with Crippen LogP contribution in [-0.2, 0) is 82.8 Å². The molecule has 0 aromatic heterocycles. The fraction of sp³-hybridized carbons (Fsp3) is 0.631. The van der Waals surface area contributed by atoms with Crippen LogP contribution in [0.1, 0.15) is 135 Å². The molecule has 4 heterocycles. The molecule has 38 nitrogen and oxygen atoms in total. The molecule has 0 saturated carbocycles. The van der Waals surface area contributed by atoms with Crippen LogP contribution < -0.4 is 63.1 Å². The SMILES string of the molecule is CCN(C(=O)OCc1ccc(NC(=O)[C@H](CCCNC(N)=O)NC(=O)[C@@H](NC(=O)[C@H](CCCCN)NC(C)=O)C(C)C)cc1)[C@H]1CO[C@@H](O[C@H]2[C@H](O[C@H]3C#CC=CC#C[C@]4(O)CC(=O)C(NC(=O)OC)=C3/C4=C\CSSC(C)C)O[C@H](C)[C@@H](NO[C@H]3C[C@H](O)[C@H](SC(=O)c4c(C)c(I)c(O[C@@H]5O[C@@H](C)[C@H](O)[C@@H](OC)[C@H]5O)c(OC)c4OC)[C@@H](C)O3)[C@@H]2O)C[C@@H]1OC. The van der Waals surface area contributed by atoms with Crippen LogP contribution in [0.2, 0.25) is 0 Å². The van der Waals surface area contributed by atoms with Crippen molar-refractivity contribution in [2.75, 3.05) is 72.9 Å². The summed E-state index contributed by atoms with van der Waals surface area (Å²) in [6, 6.07) is 0.218. The van der Waals surface area contributed by atoms with Crippen LogP contribution >= 0.6 is 55.9 Å². The Morgan fingerprint density at radius 1 is 0.778 bits per heavy atom. The summed E-state index contributed by atoms with van der Waals surface area (Å²) in [7, 11) is 9.53. The molecule has 0 spiro atoms. The molecule has 0 unspecified atom stereocenters. The fourth-order valence-corrected chi connectivity index (χ4v) is 18.5. The Kier molecular flexibility index (Phi) is 40.7. The molecule has 2 bridgehead atoms. The molecule has 8 rings (SSSR count). The average molecular weight is 1940 g/mol. The van der Waals surface area contributed by atoms with E-state index in [0.717, 1.165) is 18.9 Å². The normalized spacial score (nSPS) is 28.1. The minimum atomic E-state index is -2.16. The lowest BCUT2D eigenvalue weighted by Gasteiger charge is -2.47. The van der Waals surface area contributed by atoms with Gasteiger partial charge in [0, 0.05) is 74.9 Å². The molecule has 2 aliphatic carbocycles. The van der Waals surface area contributed by atoms with Crippen LogP contribution in [0.3, 0.4) is 0 Å². The number of methoxy groups -OCH3 is 5. The molecule has 4 fully saturated rings. The Hall–Kier alpha value is -7.65. The van der Waals surface area contributed by atoms with Gasteiger partial charge in [0.1, 0.15) is 61.4 Å². The number of fused-ring (bicyclic) bond motifs is 2. The lowest BCUT2D eigenvalue weighted by molar-refractivity contribution is -0.337. The zero-order valence-corrected chi connectivity index (χ0v) is 77.7. The highest BCUT2D eigenvalue weighted by Crippen LogP contribution is 2.49. The van der Waals surface area contributed by atoms with E-state index in [9.17, 15) is 68.7 Å². The second-order valence-corrected chi connectivity index (χ2v) is 36.4. The number of benzene rings is 2. The number of hydroxylamine groups is 1. The largest absolute Gasteiger partial charge is 0.492 e.